The first-order valence-corrected chi connectivity index (χ1v) is 12.7. The van der Waals surface area contributed by atoms with E-state index >= 15 is 0 Å². The average molecular weight is 494 g/mol. The predicted octanol–water partition coefficient (Wildman–Crippen LogP) is 3.28. The Morgan fingerprint density at radius 2 is 1.79 bits per heavy atom. The van der Waals surface area contributed by atoms with E-state index in [-0.39, 0.29) is 27.1 Å². The molecule has 10 nitrogen and oxygen atoms in total. The molecule has 1 aliphatic heterocycles. The minimum atomic E-state index is -0.624. The van der Waals surface area contributed by atoms with Gasteiger partial charge in [0.05, 0.1) is 25.5 Å². The number of esters is 2. The number of rotatable bonds is 8. The largest absolute Gasteiger partial charge is 0.465 e. The Kier molecular flexibility index (Phi) is 7.23. The van der Waals surface area contributed by atoms with E-state index < -0.39 is 11.9 Å². The van der Waals surface area contributed by atoms with Crippen LogP contribution in [0.3, 0.4) is 0 Å². The molecule has 2 aromatic heterocycles. The maximum absolute atomic E-state index is 12.8. The van der Waals surface area contributed by atoms with Gasteiger partial charge in [0.2, 0.25) is 11.9 Å². The van der Waals surface area contributed by atoms with Crippen molar-refractivity contribution in [1.82, 2.24) is 14.8 Å². The van der Waals surface area contributed by atoms with Gasteiger partial charge >= 0.3 is 11.9 Å². The van der Waals surface area contributed by atoms with Crippen molar-refractivity contribution in [3.63, 3.8) is 0 Å². The topological polar surface area (TPSA) is 116 Å². The fourth-order valence-corrected chi connectivity index (χ4v) is 5.79. The fraction of sp³-hybridized carbons (Fsp3) is 0.571. The molecule has 1 amide bonds. The van der Waals surface area contributed by atoms with Gasteiger partial charge in [0.25, 0.3) is 0 Å². The Labute approximate surface area is 200 Å². The standard InChI is InChI=1S/C21H27N5O5S2/c1-12-15(18(28)30-2)17(33-16(12)19(29)31-3)22-14(27)11-32-21-24-23-20(26(21)13-7-8-13)25-9-5-4-6-10-25/h13H,4-11H2,1-3H3,(H,22,27). The van der Waals surface area contributed by atoms with E-state index in [0.29, 0.717) is 11.6 Å². The summed E-state index contributed by atoms with van der Waals surface area (Å²) in [4.78, 5) is 39.6. The van der Waals surface area contributed by atoms with Crippen molar-refractivity contribution in [2.24, 2.45) is 0 Å². The molecule has 0 radical (unpaired) electrons. The molecule has 2 fully saturated rings. The van der Waals surface area contributed by atoms with Gasteiger partial charge in [0.15, 0.2) is 5.16 Å². The number of thioether (sulfide) groups is 1. The molecule has 2 aliphatic rings. The molecule has 4 rings (SSSR count). The first-order valence-electron chi connectivity index (χ1n) is 10.9. The molecular weight excluding hydrogens is 466 g/mol. The number of nitrogens with one attached hydrogen (secondary N) is 1. The van der Waals surface area contributed by atoms with Crippen LogP contribution in [0, 0.1) is 6.92 Å². The number of piperidine rings is 1. The minimum absolute atomic E-state index is 0.0932. The van der Waals surface area contributed by atoms with Crippen molar-refractivity contribution >= 4 is 51.9 Å². The molecule has 0 atom stereocenters. The lowest BCUT2D eigenvalue weighted by molar-refractivity contribution is -0.113. The molecule has 12 heteroatoms. The number of aromatic nitrogens is 3. The van der Waals surface area contributed by atoms with Gasteiger partial charge in [-0.1, -0.05) is 11.8 Å². The molecule has 1 N–H and O–H groups in total. The molecular formula is C21H27N5O5S2. The van der Waals surface area contributed by atoms with E-state index in [9.17, 15) is 14.4 Å². The normalized spacial score (nSPS) is 15.9. The third-order valence-electron chi connectivity index (χ3n) is 5.69. The summed E-state index contributed by atoms with van der Waals surface area (Å²) in [6.07, 6.45) is 5.72. The van der Waals surface area contributed by atoms with Crippen molar-refractivity contribution in [3.8, 4) is 0 Å². The Balaban J connectivity index is 1.48. The average Bonchev–Trinajstić information content (AvgIpc) is 3.50. The van der Waals surface area contributed by atoms with Crippen LogP contribution < -0.4 is 10.2 Å². The van der Waals surface area contributed by atoms with Crippen molar-refractivity contribution in [2.75, 3.05) is 43.3 Å². The lowest BCUT2D eigenvalue weighted by atomic mass is 10.1. The van der Waals surface area contributed by atoms with Gasteiger partial charge < -0.3 is 19.7 Å². The summed E-state index contributed by atoms with van der Waals surface area (Å²) in [5, 5.41) is 12.5. The summed E-state index contributed by atoms with van der Waals surface area (Å²) < 4.78 is 11.8. The molecule has 1 saturated heterocycles. The van der Waals surface area contributed by atoms with E-state index in [1.165, 1.54) is 32.4 Å². The van der Waals surface area contributed by atoms with Crippen molar-refractivity contribution < 1.29 is 23.9 Å². The minimum Gasteiger partial charge on any atom is -0.465 e. The Bertz CT molecular complexity index is 1060. The third kappa shape index (κ3) is 5.01. The van der Waals surface area contributed by atoms with Gasteiger partial charge in [-0.15, -0.1) is 21.5 Å². The number of ether oxygens (including phenoxy) is 2. The van der Waals surface area contributed by atoms with Gasteiger partial charge in [-0.25, -0.2) is 9.59 Å². The zero-order valence-corrected chi connectivity index (χ0v) is 20.5. The number of thiophene rings is 1. The maximum Gasteiger partial charge on any atom is 0.348 e. The monoisotopic (exact) mass is 493 g/mol. The first kappa shape index (κ1) is 23.6. The van der Waals surface area contributed by atoms with Crippen LogP contribution in [0.15, 0.2) is 5.16 Å². The third-order valence-corrected chi connectivity index (χ3v) is 7.82. The van der Waals surface area contributed by atoms with E-state index in [1.807, 2.05) is 0 Å². The van der Waals surface area contributed by atoms with Crippen LogP contribution in [0.4, 0.5) is 10.9 Å². The summed E-state index contributed by atoms with van der Waals surface area (Å²) in [5.74, 6) is -0.519. The Morgan fingerprint density at radius 3 is 2.42 bits per heavy atom. The summed E-state index contributed by atoms with van der Waals surface area (Å²) >= 11 is 2.31. The number of anilines is 2. The van der Waals surface area contributed by atoms with Gasteiger partial charge in [-0.3, -0.25) is 9.36 Å². The van der Waals surface area contributed by atoms with Crippen LogP contribution in [-0.2, 0) is 14.3 Å². The molecule has 2 aromatic rings. The Hall–Kier alpha value is -2.60. The SMILES string of the molecule is COC(=O)c1sc(NC(=O)CSc2nnc(N3CCCCC3)n2C2CC2)c(C(=O)OC)c1C. The number of hydrogen-bond donors (Lipinski definition) is 1. The number of hydrogen-bond acceptors (Lipinski definition) is 10. The molecule has 1 saturated carbocycles. The second kappa shape index (κ2) is 10.1. The first-order chi connectivity index (χ1) is 15.9. The summed E-state index contributed by atoms with van der Waals surface area (Å²) in [6.45, 7) is 3.58. The van der Waals surface area contributed by atoms with E-state index in [0.717, 1.165) is 61.2 Å². The summed E-state index contributed by atoms with van der Waals surface area (Å²) in [6, 6.07) is 0.385. The predicted molar refractivity (Wildman–Crippen MR) is 125 cm³/mol. The molecule has 0 unspecified atom stereocenters. The van der Waals surface area contributed by atoms with Crippen LogP contribution in [0.25, 0.3) is 0 Å². The van der Waals surface area contributed by atoms with Crippen molar-refractivity contribution in [1.29, 1.82) is 0 Å². The molecule has 0 aromatic carbocycles. The molecule has 0 bridgehead atoms. The van der Waals surface area contributed by atoms with Crippen molar-refractivity contribution in [3.05, 3.63) is 16.0 Å². The van der Waals surface area contributed by atoms with Gasteiger partial charge in [0, 0.05) is 19.1 Å². The second-order valence-electron chi connectivity index (χ2n) is 8.01. The smallest absolute Gasteiger partial charge is 0.348 e. The summed E-state index contributed by atoms with van der Waals surface area (Å²) in [5.41, 5.74) is 0.580. The zero-order valence-electron chi connectivity index (χ0n) is 18.9. The van der Waals surface area contributed by atoms with Gasteiger partial charge in [-0.2, -0.15) is 0 Å². The van der Waals surface area contributed by atoms with Gasteiger partial charge in [0.1, 0.15) is 9.88 Å². The van der Waals surface area contributed by atoms with Crippen LogP contribution >= 0.6 is 23.1 Å². The number of methoxy groups -OCH3 is 2. The highest BCUT2D eigenvalue weighted by Gasteiger charge is 2.32. The van der Waals surface area contributed by atoms with Crippen LogP contribution in [0.1, 0.15) is 63.7 Å². The highest BCUT2D eigenvalue weighted by Crippen LogP contribution is 2.41. The molecule has 0 spiro atoms. The number of nitrogens with zero attached hydrogens (tertiary/aromatic N) is 4. The second-order valence-corrected chi connectivity index (χ2v) is 9.97. The van der Waals surface area contributed by atoms with Crippen molar-refractivity contribution in [2.45, 2.75) is 50.2 Å². The maximum atomic E-state index is 12.8. The van der Waals surface area contributed by atoms with E-state index in [1.54, 1.807) is 6.92 Å². The highest BCUT2D eigenvalue weighted by molar-refractivity contribution is 7.99. The summed E-state index contributed by atoms with van der Waals surface area (Å²) in [7, 11) is 2.52. The van der Waals surface area contributed by atoms with E-state index in [2.05, 4.69) is 25.0 Å². The zero-order chi connectivity index (χ0) is 23.5. The number of amides is 1. The molecule has 1 aliphatic carbocycles. The highest BCUT2D eigenvalue weighted by atomic mass is 32.2. The molecule has 3 heterocycles. The Morgan fingerprint density at radius 1 is 1.09 bits per heavy atom. The molecule has 33 heavy (non-hydrogen) atoms. The van der Waals surface area contributed by atoms with E-state index in [4.69, 9.17) is 9.47 Å². The fourth-order valence-electron chi connectivity index (χ4n) is 3.86. The quantitative estimate of drug-likeness (QED) is 0.437. The van der Waals surface area contributed by atoms with Crippen LogP contribution in [0.2, 0.25) is 0 Å². The molecule has 178 valence electrons. The lowest BCUT2D eigenvalue weighted by Gasteiger charge is -2.27. The number of carbonyl (C=O) groups is 3. The van der Waals surface area contributed by atoms with Gasteiger partial charge in [-0.05, 0) is 44.6 Å². The lowest BCUT2D eigenvalue weighted by Crippen LogP contribution is -2.32. The van der Waals surface area contributed by atoms with Crippen LogP contribution in [-0.4, -0.2) is 65.7 Å². The van der Waals surface area contributed by atoms with Crippen LogP contribution in [0.5, 0.6) is 0 Å². The number of carbonyl (C=O) groups excluding carboxylic acids is 3.